The smallest absolute Gasteiger partial charge is 0.241 e. The van der Waals surface area contributed by atoms with Gasteiger partial charge in [0.1, 0.15) is 0 Å². The molecule has 2 aromatic rings. The standard InChI is InChI=1S/C18H24N2O4S/c1-12-9-14(13(2)20(12)15-5-6-15)11-19-25(21,22)16-7-8-17(23-3)18(10-16)24-4/h7-10,15,19H,5-6,11H2,1-4H3. The van der Waals surface area contributed by atoms with Gasteiger partial charge >= 0.3 is 0 Å². The van der Waals surface area contributed by atoms with E-state index in [0.717, 1.165) is 11.3 Å². The summed E-state index contributed by atoms with van der Waals surface area (Å²) in [6.45, 7) is 4.38. The van der Waals surface area contributed by atoms with Gasteiger partial charge < -0.3 is 14.0 Å². The van der Waals surface area contributed by atoms with E-state index in [9.17, 15) is 8.42 Å². The van der Waals surface area contributed by atoms with Crippen molar-refractivity contribution in [1.29, 1.82) is 0 Å². The zero-order valence-electron chi connectivity index (χ0n) is 15.0. The fraction of sp³-hybridized carbons (Fsp3) is 0.444. The van der Waals surface area contributed by atoms with E-state index in [1.54, 1.807) is 6.07 Å². The highest BCUT2D eigenvalue weighted by atomic mass is 32.2. The molecule has 0 spiro atoms. The van der Waals surface area contributed by atoms with Crippen LogP contribution in [0.4, 0.5) is 0 Å². The monoisotopic (exact) mass is 364 g/mol. The molecule has 0 aliphatic heterocycles. The van der Waals surface area contributed by atoms with Gasteiger partial charge in [-0.1, -0.05) is 0 Å². The number of methoxy groups -OCH3 is 2. The van der Waals surface area contributed by atoms with Crippen LogP contribution in [0.3, 0.4) is 0 Å². The Labute approximate surface area is 148 Å². The maximum Gasteiger partial charge on any atom is 0.241 e. The quantitative estimate of drug-likeness (QED) is 0.820. The van der Waals surface area contributed by atoms with Crippen LogP contribution in [0.5, 0.6) is 11.5 Å². The molecule has 1 heterocycles. The van der Waals surface area contributed by atoms with Crippen molar-refractivity contribution < 1.29 is 17.9 Å². The largest absolute Gasteiger partial charge is 0.493 e. The molecular formula is C18H24N2O4S. The van der Waals surface area contributed by atoms with E-state index in [1.807, 2.05) is 6.92 Å². The number of sulfonamides is 1. The predicted molar refractivity (Wildman–Crippen MR) is 95.7 cm³/mol. The topological polar surface area (TPSA) is 69.6 Å². The number of hydrogen-bond donors (Lipinski definition) is 1. The van der Waals surface area contributed by atoms with Crippen LogP contribution in [0.15, 0.2) is 29.2 Å². The molecule has 1 fully saturated rings. The Morgan fingerprint density at radius 3 is 2.40 bits per heavy atom. The summed E-state index contributed by atoms with van der Waals surface area (Å²) < 4.78 is 40.5. The van der Waals surface area contributed by atoms with Crippen LogP contribution in [0, 0.1) is 13.8 Å². The molecule has 0 unspecified atom stereocenters. The molecule has 3 rings (SSSR count). The van der Waals surface area contributed by atoms with Crippen molar-refractivity contribution in [3.8, 4) is 11.5 Å². The van der Waals surface area contributed by atoms with E-state index in [-0.39, 0.29) is 11.4 Å². The summed E-state index contributed by atoms with van der Waals surface area (Å²) in [5, 5.41) is 0. The SMILES string of the molecule is COc1ccc(S(=O)(=O)NCc2cc(C)n(C3CC3)c2C)cc1OC. The molecule has 0 radical (unpaired) electrons. The minimum atomic E-state index is -3.64. The Morgan fingerprint density at radius 2 is 1.80 bits per heavy atom. The average Bonchev–Trinajstić information content (AvgIpc) is 3.38. The Bertz CT molecular complexity index is 883. The predicted octanol–water partition coefficient (Wildman–Crippen LogP) is 2.94. The fourth-order valence-corrected chi connectivity index (χ4v) is 4.18. The summed E-state index contributed by atoms with van der Waals surface area (Å²) in [5.41, 5.74) is 3.32. The molecule has 1 saturated carbocycles. The number of hydrogen-bond acceptors (Lipinski definition) is 4. The van der Waals surface area contributed by atoms with Gasteiger partial charge in [-0.25, -0.2) is 13.1 Å². The molecule has 0 atom stereocenters. The van der Waals surface area contributed by atoms with E-state index in [2.05, 4.69) is 22.3 Å². The summed E-state index contributed by atoms with van der Waals surface area (Å²) in [7, 11) is -0.641. The third-order valence-corrected chi connectivity index (χ3v) is 6.02. The Kier molecular flexibility index (Phi) is 4.79. The lowest BCUT2D eigenvalue weighted by atomic mass is 10.2. The maximum absolute atomic E-state index is 12.6. The van der Waals surface area contributed by atoms with Crippen molar-refractivity contribution >= 4 is 10.0 Å². The molecule has 1 aliphatic rings. The third-order valence-electron chi connectivity index (χ3n) is 4.62. The molecule has 25 heavy (non-hydrogen) atoms. The molecule has 1 aromatic carbocycles. The molecule has 0 bridgehead atoms. The zero-order valence-corrected chi connectivity index (χ0v) is 15.8. The van der Waals surface area contributed by atoms with Crippen molar-refractivity contribution in [1.82, 2.24) is 9.29 Å². The van der Waals surface area contributed by atoms with E-state index in [0.29, 0.717) is 17.5 Å². The highest BCUT2D eigenvalue weighted by molar-refractivity contribution is 7.89. The molecule has 0 saturated heterocycles. The first-order valence-corrected chi connectivity index (χ1v) is 9.74. The average molecular weight is 364 g/mol. The van der Waals surface area contributed by atoms with E-state index in [4.69, 9.17) is 9.47 Å². The Morgan fingerprint density at radius 1 is 1.12 bits per heavy atom. The van der Waals surface area contributed by atoms with Gasteiger partial charge in [-0.05, 0) is 50.5 Å². The molecule has 6 nitrogen and oxygen atoms in total. The van der Waals surface area contributed by atoms with Gasteiger partial charge in [0.05, 0.1) is 19.1 Å². The minimum Gasteiger partial charge on any atom is -0.493 e. The Balaban J connectivity index is 1.79. The van der Waals surface area contributed by atoms with Crippen molar-refractivity contribution in [3.05, 3.63) is 41.2 Å². The van der Waals surface area contributed by atoms with Crippen LogP contribution in [0.1, 0.15) is 35.8 Å². The third kappa shape index (κ3) is 3.52. The highest BCUT2D eigenvalue weighted by Gasteiger charge is 2.27. The zero-order chi connectivity index (χ0) is 18.2. The fourth-order valence-electron chi connectivity index (χ4n) is 3.16. The number of benzene rings is 1. The lowest BCUT2D eigenvalue weighted by molar-refractivity contribution is 0.354. The van der Waals surface area contributed by atoms with Crippen molar-refractivity contribution in [3.63, 3.8) is 0 Å². The van der Waals surface area contributed by atoms with E-state index in [1.165, 1.54) is 44.9 Å². The van der Waals surface area contributed by atoms with Crippen molar-refractivity contribution in [2.75, 3.05) is 14.2 Å². The summed E-state index contributed by atoms with van der Waals surface area (Å²) in [6, 6.07) is 7.21. The first-order chi connectivity index (χ1) is 11.9. The second-order valence-electron chi connectivity index (χ2n) is 6.34. The number of aryl methyl sites for hydroxylation is 1. The summed E-state index contributed by atoms with van der Waals surface area (Å²) >= 11 is 0. The van der Waals surface area contributed by atoms with Crippen LogP contribution in [0.25, 0.3) is 0 Å². The molecule has 0 amide bonds. The van der Waals surface area contributed by atoms with Crippen LogP contribution >= 0.6 is 0 Å². The van der Waals surface area contributed by atoms with Crippen LogP contribution < -0.4 is 14.2 Å². The van der Waals surface area contributed by atoms with E-state index < -0.39 is 10.0 Å². The molecule has 1 aromatic heterocycles. The lowest BCUT2D eigenvalue weighted by Gasteiger charge is -2.11. The molecule has 7 heteroatoms. The number of nitrogens with zero attached hydrogens (tertiary/aromatic N) is 1. The number of rotatable bonds is 7. The Hall–Kier alpha value is -1.99. The first kappa shape index (κ1) is 17.8. The molecule has 136 valence electrons. The van der Waals surface area contributed by atoms with Crippen molar-refractivity contribution in [2.45, 2.75) is 44.2 Å². The summed E-state index contributed by atoms with van der Waals surface area (Å²) in [5.74, 6) is 0.881. The first-order valence-electron chi connectivity index (χ1n) is 8.26. The minimum absolute atomic E-state index is 0.154. The molecule has 1 aliphatic carbocycles. The normalized spacial score (nSPS) is 14.6. The maximum atomic E-state index is 12.6. The van der Waals surface area contributed by atoms with E-state index >= 15 is 0 Å². The van der Waals surface area contributed by atoms with Crippen LogP contribution in [-0.4, -0.2) is 27.2 Å². The van der Waals surface area contributed by atoms with Gasteiger partial charge in [-0.3, -0.25) is 0 Å². The van der Waals surface area contributed by atoms with Crippen LogP contribution in [0.2, 0.25) is 0 Å². The van der Waals surface area contributed by atoms with Gasteiger partial charge in [0, 0.05) is 30.0 Å². The van der Waals surface area contributed by atoms with Crippen LogP contribution in [-0.2, 0) is 16.6 Å². The number of aromatic nitrogens is 1. The van der Waals surface area contributed by atoms with Gasteiger partial charge in [0.2, 0.25) is 10.0 Å². The molecular weight excluding hydrogens is 340 g/mol. The summed E-state index contributed by atoms with van der Waals surface area (Å²) in [4.78, 5) is 0.154. The van der Waals surface area contributed by atoms with Gasteiger partial charge in [0.25, 0.3) is 0 Å². The van der Waals surface area contributed by atoms with Gasteiger partial charge in [0.15, 0.2) is 11.5 Å². The number of nitrogens with one attached hydrogen (secondary N) is 1. The summed E-state index contributed by atoms with van der Waals surface area (Å²) in [6.07, 6.45) is 2.40. The second kappa shape index (κ2) is 6.72. The molecule has 1 N–H and O–H groups in total. The number of ether oxygens (including phenoxy) is 2. The highest BCUT2D eigenvalue weighted by Crippen LogP contribution is 2.38. The second-order valence-corrected chi connectivity index (χ2v) is 8.11. The van der Waals surface area contributed by atoms with Gasteiger partial charge in [-0.2, -0.15) is 0 Å². The lowest BCUT2D eigenvalue weighted by Crippen LogP contribution is -2.23. The van der Waals surface area contributed by atoms with Crippen molar-refractivity contribution in [2.24, 2.45) is 0 Å². The van der Waals surface area contributed by atoms with Gasteiger partial charge in [-0.15, -0.1) is 0 Å².